The zero-order valence-electron chi connectivity index (χ0n) is 16.5. The third-order valence-electron chi connectivity index (χ3n) is 5.00. The van der Waals surface area contributed by atoms with Gasteiger partial charge in [0.2, 0.25) is 0 Å². The molecule has 0 fully saturated rings. The molecule has 0 N–H and O–H groups in total. The molecule has 0 aliphatic heterocycles. The third-order valence-corrected chi connectivity index (χ3v) is 11.6. The Labute approximate surface area is 162 Å². The van der Waals surface area contributed by atoms with Crippen LogP contribution >= 0.6 is 11.6 Å². The fourth-order valence-corrected chi connectivity index (χ4v) is 4.72. The number of pyridine rings is 1. The van der Waals surface area contributed by atoms with Gasteiger partial charge in [-0.2, -0.15) is 12.7 Å². The van der Waals surface area contributed by atoms with E-state index in [1.54, 1.807) is 12.3 Å². The Morgan fingerprint density at radius 3 is 2.42 bits per heavy atom. The molecular formula is C17H28ClN3O3SSi. The van der Waals surface area contributed by atoms with E-state index >= 15 is 0 Å². The summed E-state index contributed by atoms with van der Waals surface area (Å²) in [6.45, 7) is 11.4. The first kappa shape index (κ1) is 21.4. The highest BCUT2D eigenvalue weighted by Gasteiger charge is 2.37. The third kappa shape index (κ3) is 4.14. The van der Waals surface area contributed by atoms with E-state index in [2.05, 4.69) is 38.8 Å². The summed E-state index contributed by atoms with van der Waals surface area (Å²) < 4.78 is 34.5. The van der Waals surface area contributed by atoms with Gasteiger partial charge in [0.05, 0.1) is 5.52 Å². The molecule has 0 spiro atoms. The molecule has 0 aliphatic rings. The summed E-state index contributed by atoms with van der Waals surface area (Å²) >= 11 is 5.99. The van der Waals surface area contributed by atoms with Gasteiger partial charge in [0.25, 0.3) is 0 Å². The second-order valence-corrected chi connectivity index (χ2v) is 15.3. The predicted molar refractivity (Wildman–Crippen MR) is 110 cm³/mol. The number of fused-ring (bicyclic) bond motifs is 1. The lowest BCUT2D eigenvalue weighted by Crippen LogP contribution is -2.41. The zero-order chi connectivity index (χ0) is 19.9. The highest BCUT2D eigenvalue weighted by atomic mass is 35.5. The lowest BCUT2D eigenvalue weighted by atomic mass is 10.2. The average Bonchev–Trinajstić information content (AvgIpc) is 2.83. The minimum absolute atomic E-state index is 0.104. The van der Waals surface area contributed by atoms with E-state index in [0.29, 0.717) is 24.2 Å². The van der Waals surface area contributed by atoms with E-state index in [9.17, 15) is 8.42 Å². The molecule has 0 bridgehead atoms. The van der Waals surface area contributed by atoms with Crippen LogP contribution in [0.4, 0.5) is 0 Å². The van der Waals surface area contributed by atoms with Gasteiger partial charge in [0.15, 0.2) is 8.32 Å². The molecule has 2 rings (SSSR count). The van der Waals surface area contributed by atoms with Crippen molar-refractivity contribution in [3.05, 3.63) is 29.2 Å². The molecule has 0 aromatic carbocycles. The standard InChI is InChI=1S/C17H28ClN3O3SSi/c1-17(2,3)26(6,7)24-9-8-14-10-13-12-19-16(18)11-15(13)21(14)25(22,23)20(4)5/h10-12H,8-9H2,1-7H3. The highest BCUT2D eigenvalue weighted by Crippen LogP contribution is 2.36. The first-order chi connectivity index (χ1) is 11.8. The first-order valence-electron chi connectivity index (χ1n) is 8.50. The van der Waals surface area contributed by atoms with Gasteiger partial charge in [-0.1, -0.05) is 32.4 Å². The van der Waals surface area contributed by atoms with Gasteiger partial charge in [-0.15, -0.1) is 0 Å². The van der Waals surface area contributed by atoms with Crippen molar-refractivity contribution in [2.75, 3.05) is 20.7 Å². The van der Waals surface area contributed by atoms with Gasteiger partial charge in [-0.05, 0) is 24.2 Å². The largest absolute Gasteiger partial charge is 0.416 e. The Hall–Kier alpha value is -0.933. The quantitative estimate of drug-likeness (QED) is 0.528. The highest BCUT2D eigenvalue weighted by molar-refractivity contribution is 7.87. The average molecular weight is 418 g/mol. The van der Waals surface area contributed by atoms with Crippen molar-refractivity contribution in [1.29, 1.82) is 0 Å². The lowest BCUT2D eigenvalue weighted by Gasteiger charge is -2.36. The minimum atomic E-state index is -3.68. The van der Waals surface area contributed by atoms with Gasteiger partial charge >= 0.3 is 10.2 Å². The van der Waals surface area contributed by atoms with Crippen LogP contribution in [-0.4, -0.2) is 50.7 Å². The van der Waals surface area contributed by atoms with Crippen molar-refractivity contribution in [3.63, 3.8) is 0 Å². The van der Waals surface area contributed by atoms with E-state index in [-0.39, 0.29) is 10.2 Å². The molecule has 6 nitrogen and oxygen atoms in total. The van der Waals surface area contributed by atoms with Gasteiger partial charge < -0.3 is 4.43 Å². The van der Waals surface area contributed by atoms with Crippen LogP contribution in [-0.2, 0) is 21.1 Å². The van der Waals surface area contributed by atoms with E-state index in [1.807, 2.05) is 6.07 Å². The van der Waals surface area contributed by atoms with Gasteiger partial charge in [-0.3, -0.25) is 0 Å². The summed E-state index contributed by atoms with van der Waals surface area (Å²) in [7, 11) is -2.55. The molecule has 0 amide bonds. The van der Waals surface area contributed by atoms with Crippen molar-refractivity contribution >= 4 is 41.0 Å². The Morgan fingerprint density at radius 1 is 1.27 bits per heavy atom. The summed E-state index contributed by atoms with van der Waals surface area (Å²) in [4.78, 5) is 4.06. The molecule has 0 aliphatic carbocycles. The second kappa shape index (κ2) is 7.24. The van der Waals surface area contributed by atoms with E-state index in [1.165, 1.54) is 22.4 Å². The lowest BCUT2D eigenvalue weighted by molar-refractivity contribution is 0.290. The molecule has 0 unspecified atom stereocenters. The maximum absolute atomic E-state index is 12.9. The SMILES string of the molecule is CN(C)S(=O)(=O)n1c(CCO[Si](C)(C)C(C)(C)C)cc2cnc(Cl)cc21. The first-order valence-corrected chi connectivity index (χ1v) is 13.2. The van der Waals surface area contributed by atoms with Crippen LogP contribution in [0.15, 0.2) is 18.3 Å². The number of nitrogens with zero attached hydrogens (tertiary/aromatic N) is 3. The summed E-state index contributed by atoms with van der Waals surface area (Å²) in [5.41, 5.74) is 1.19. The van der Waals surface area contributed by atoms with Crippen molar-refractivity contribution in [3.8, 4) is 0 Å². The Kier molecular flexibility index (Phi) is 5.95. The Morgan fingerprint density at radius 2 is 1.88 bits per heavy atom. The van der Waals surface area contributed by atoms with E-state index in [0.717, 1.165) is 5.39 Å². The summed E-state index contributed by atoms with van der Waals surface area (Å²) in [5, 5.41) is 1.10. The molecule has 0 saturated heterocycles. The van der Waals surface area contributed by atoms with E-state index < -0.39 is 18.5 Å². The van der Waals surface area contributed by atoms with Crippen LogP contribution in [0.3, 0.4) is 0 Å². The maximum Gasteiger partial charge on any atom is 0.307 e. The van der Waals surface area contributed by atoms with Crippen LogP contribution in [0.25, 0.3) is 10.9 Å². The van der Waals surface area contributed by atoms with E-state index in [4.69, 9.17) is 16.0 Å². The Bertz CT molecular complexity index is 902. The van der Waals surface area contributed by atoms with Crippen molar-refractivity contribution in [2.24, 2.45) is 0 Å². The molecular weight excluding hydrogens is 390 g/mol. The van der Waals surface area contributed by atoms with Crippen molar-refractivity contribution in [1.82, 2.24) is 13.3 Å². The molecule has 0 radical (unpaired) electrons. The van der Waals surface area contributed by atoms with Crippen LogP contribution < -0.4 is 0 Å². The summed E-state index contributed by atoms with van der Waals surface area (Å²) in [6, 6.07) is 3.42. The number of halogens is 1. The smallest absolute Gasteiger partial charge is 0.307 e. The van der Waals surface area contributed by atoms with Crippen LogP contribution in [0, 0.1) is 0 Å². The molecule has 9 heteroatoms. The predicted octanol–water partition coefficient (Wildman–Crippen LogP) is 3.91. The van der Waals surface area contributed by atoms with Crippen molar-refractivity contribution in [2.45, 2.75) is 45.3 Å². The molecule has 2 aromatic heterocycles. The van der Waals surface area contributed by atoms with Crippen molar-refractivity contribution < 1.29 is 12.8 Å². The molecule has 146 valence electrons. The van der Waals surface area contributed by atoms with Gasteiger partial charge in [-0.25, -0.2) is 8.96 Å². The monoisotopic (exact) mass is 417 g/mol. The fraction of sp³-hybridized carbons (Fsp3) is 0.588. The second-order valence-electron chi connectivity index (χ2n) is 8.11. The van der Waals surface area contributed by atoms with Crippen LogP contribution in [0.2, 0.25) is 23.3 Å². The molecule has 26 heavy (non-hydrogen) atoms. The van der Waals surface area contributed by atoms with Crippen LogP contribution in [0.1, 0.15) is 26.5 Å². The summed E-state index contributed by atoms with van der Waals surface area (Å²) in [6.07, 6.45) is 2.09. The summed E-state index contributed by atoms with van der Waals surface area (Å²) in [5.74, 6) is 0. The molecule has 2 aromatic rings. The number of hydrogen-bond acceptors (Lipinski definition) is 4. The molecule has 2 heterocycles. The molecule has 0 atom stereocenters. The number of hydrogen-bond donors (Lipinski definition) is 0. The fourth-order valence-electron chi connectivity index (χ4n) is 2.35. The number of aromatic nitrogens is 2. The topological polar surface area (TPSA) is 64.4 Å². The molecule has 0 saturated carbocycles. The normalized spacial score (nSPS) is 13.7. The van der Waals surface area contributed by atoms with Gasteiger partial charge in [0.1, 0.15) is 5.15 Å². The maximum atomic E-state index is 12.9. The Balaban J connectivity index is 2.42. The minimum Gasteiger partial charge on any atom is -0.416 e. The zero-order valence-corrected chi connectivity index (χ0v) is 19.1. The number of rotatable bonds is 6. The van der Waals surface area contributed by atoms with Gasteiger partial charge in [0, 0.05) is 50.5 Å². The van der Waals surface area contributed by atoms with Crippen LogP contribution in [0.5, 0.6) is 0 Å².